The Balaban J connectivity index is 2.91. The van der Waals surface area contributed by atoms with E-state index in [9.17, 15) is 4.79 Å². The van der Waals surface area contributed by atoms with Crippen molar-refractivity contribution in [3.63, 3.8) is 0 Å². The zero-order chi connectivity index (χ0) is 7.40. The maximum Gasteiger partial charge on any atom is 0.315 e. The Kier molecular flexibility index (Phi) is 2.23. The van der Waals surface area contributed by atoms with E-state index >= 15 is 0 Å². The zero-order valence-corrected chi connectivity index (χ0v) is 5.72. The van der Waals surface area contributed by atoms with Crippen molar-refractivity contribution in [2.75, 3.05) is 5.32 Å². The fourth-order valence-corrected chi connectivity index (χ4v) is 0.695. The lowest BCUT2D eigenvalue weighted by Crippen LogP contribution is -1.96. The Morgan fingerprint density at radius 3 is 3.10 bits per heavy atom. The summed E-state index contributed by atoms with van der Waals surface area (Å²) in [5.74, 6) is 0.333. The van der Waals surface area contributed by atoms with Crippen LogP contribution >= 0.6 is 11.6 Å². The second kappa shape index (κ2) is 3.17. The minimum atomic E-state index is 0.333. The number of carbonyl (C=O) groups excluding carboxylic acids is 1. The summed E-state index contributed by atoms with van der Waals surface area (Å²) in [4.78, 5) is 13.6. The van der Waals surface area contributed by atoms with Gasteiger partial charge in [-0.2, -0.15) is 0 Å². The van der Waals surface area contributed by atoms with E-state index in [0.717, 1.165) is 0 Å². The van der Waals surface area contributed by atoms with Gasteiger partial charge in [0.1, 0.15) is 0 Å². The molecule has 0 bridgehead atoms. The van der Waals surface area contributed by atoms with Gasteiger partial charge in [0.15, 0.2) is 5.82 Å². The Labute approximate surface area is 63.0 Å². The van der Waals surface area contributed by atoms with Crippen LogP contribution in [0.1, 0.15) is 0 Å². The number of pyridine rings is 1. The summed E-state index contributed by atoms with van der Waals surface area (Å²) in [6, 6.07) is 3.31. The molecule has 0 aliphatic carbocycles. The van der Waals surface area contributed by atoms with Crippen LogP contribution < -0.4 is 5.32 Å². The summed E-state index contributed by atoms with van der Waals surface area (Å²) in [5, 5.41) is 2.64. The molecule has 0 spiro atoms. The summed E-state index contributed by atoms with van der Waals surface area (Å²) in [6.07, 6.45) is 3.01. The van der Waals surface area contributed by atoms with Gasteiger partial charge in [0.2, 0.25) is 0 Å². The Hall–Kier alpha value is -1.09. The van der Waals surface area contributed by atoms with E-state index in [2.05, 4.69) is 10.3 Å². The first-order valence-corrected chi connectivity index (χ1v) is 2.96. The van der Waals surface area contributed by atoms with Crippen LogP contribution in [0.15, 0.2) is 18.3 Å². The van der Waals surface area contributed by atoms with Crippen molar-refractivity contribution in [1.82, 2.24) is 4.98 Å². The molecule has 1 radical (unpaired) electrons. The number of hydrogen-bond donors (Lipinski definition) is 1. The quantitative estimate of drug-likeness (QED) is 0.653. The minimum Gasteiger partial charge on any atom is -0.301 e. The number of hydrogen-bond acceptors (Lipinski definition) is 2. The largest absolute Gasteiger partial charge is 0.315 e. The summed E-state index contributed by atoms with van der Waals surface area (Å²) in [7, 11) is 0. The third kappa shape index (κ3) is 1.45. The van der Waals surface area contributed by atoms with Crippen LogP contribution in [0.5, 0.6) is 0 Å². The lowest BCUT2D eigenvalue weighted by Gasteiger charge is -1.96. The topological polar surface area (TPSA) is 42.0 Å². The standard InChI is InChI=1S/C6H4ClN2O/c7-5-2-1-3-8-6(5)9-4-10/h1-3H,(H,8,9,10). The first-order chi connectivity index (χ1) is 4.84. The van der Waals surface area contributed by atoms with Crippen molar-refractivity contribution < 1.29 is 4.79 Å². The molecular formula is C6H4ClN2O. The van der Waals surface area contributed by atoms with Crippen molar-refractivity contribution in [2.45, 2.75) is 0 Å². The summed E-state index contributed by atoms with van der Waals surface area (Å²) >= 11 is 5.60. The van der Waals surface area contributed by atoms with Gasteiger partial charge in [-0.05, 0) is 12.1 Å². The van der Waals surface area contributed by atoms with E-state index in [1.807, 2.05) is 0 Å². The van der Waals surface area contributed by atoms with Gasteiger partial charge in [0.05, 0.1) is 5.02 Å². The molecule has 0 saturated carbocycles. The van der Waals surface area contributed by atoms with Crippen molar-refractivity contribution in [3.8, 4) is 0 Å². The molecule has 1 N–H and O–H groups in total. The number of rotatable bonds is 2. The molecule has 1 aromatic heterocycles. The number of aromatic nitrogens is 1. The predicted octanol–water partition coefficient (Wildman–Crippen LogP) is 1.21. The van der Waals surface area contributed by atoms with Crippen LogP contribution in [0.4, 0.5) is 5.82 Å². The highest BCUT2D eigenvalue weighted by atomic mass is 35.5. The second-order valence-corrected chi connectivity index (χ2v) is 1.97. The van der Waals surface area contributed by atoms with Gasteiger partial charge < -0.3 is 5.32 Å². The maximum atomic E-state index is 9.79. The number of nitrogens with zero attached hydrogens (tertiary/aromatic N) is 1. The normalized spacial score (nSPS) is 8.90. The first-order valence-electron chi connectivity index (χ1n) is 2.58. The lowest BCUT2D eigenvalue weighted by molar-refractivity contribution is 0.561. The highest BCUT2D eigenvalue weighted by Gasteiger charge is 1.96. The lowest BCUT2D eigenvalue weighted by atomic mass is 10.5. The molecule has 0 aliphatic heterocycles. The van der Waals surface area contributed by atoms with Gasteiger partial charge in [0, 0.05) is 6.20 Å². The molecule has 0 aliphatic rings. The van der Waals surface area contributed by atoms with Gasteiger partial charge in [-0.25, -0.2) is 4.98 Å². The molecule has 51 valence electrons. The second-order valence-electron chi connectivity index (χ2n) is 1.56. The summed E-state index contributed by atoms with van der Waals surface area (Å²) < 4.78 is 0. The van der Waals surface area contributed by atoms with Crippen LogP contribution in [0, 0.1) is 0 Å². The molecule has 0 atom stereocenters. The monoisotopic (exact) mass is 155 g/mol. The molecule has 4 heteroatoms. The van der Waals surface area contributed by atoms with Crippen LogP contribution in [0.2, 0.25) is 5.02 Å². The summed E-state index contributed by atoms with van der Waals surface area (Å²) in [6.45, 7) is 0. The number of halogens is 1. The molecule has 0 unspecified atom stereocenters. The molecule has 1 rings (SSSR count). The Bertz CT molecular complexity index is 239. The molecule has 0 fully saturated rings. The van der Waals surface area contributed by atoms with Gasteiger partial charge >= 0.3 is 6.41 Å². The van der Waals surface area contributed by atoms with E-state index in [1.165, 1.54) is 12.6 Å². The van der Waals surface area contributed by atoms with Crippen molar-refractivity contribution in [3.05, 3.63) is 23.4 Å². The van der Waals surface area contributed by atoms with Crippen LogP contribution in [-0.4, -0.2) is 11.4 Å². The molecule has 1 amide bonds. The average Bonchev–Trinajstić information content (AvgIpc) is 1.94. The molecule has 0 saturated heterocycles. The fraction of sp³-hybridized carbons (Fsp3) is 0. The highest BCUT2D eigenvalue weighted by Crippen LogP contribution is 2.15. The van der Waals surface area contributed by atoms with E-state index in [1.54, 1.807) is 12.1 Å². The van der Waals surface area contributed by atoms with Crippen molar-refractivity contribution >= 4 is 23.8 Å². The van der Waals surface area contributed by atoms with E-state index in [0.29, 0.717) is 10.8 Å². The molecule has 1 heterocycles. The van der Waals surface area contributed by atoms with Crippen LogP contribution in [0.3, 0.4) is 0 Å². The van der Waals surface area contributed by atoms with Gasteiger partial charge in [-0.1, -0.05) is 11.6 Å². The first kappa shape index (κ1) is 7.02. The maximum absolute atomic E-state index is 9.79. The third-order valence-electron chi connectivity index (χ3n) is 0.928. The van der Waals surface area contributed by atoms with Gasteiger partial charge in [-0.15, -0.1) is 0 Å². The average molecular weight is 156 g/mol. The Morgan fingerprint density at radius 2 is 2.50 bits per heavy atom. The fourth-order valence-electron chi connectivity index (χ4n) is 0.526. The summed E-state index contributed by atoms with van der Waals surface area (Å²) in [5.41, 5.74) is 0. The van der Waals surface area contributed by atoms with Crippen molar-refractivity contribution in [2.24, 2.45) is 0 Å². The Morgan fingerprint density at radius 1 is 1.70 bits per heavy atom. The van der Waals surface area contributed by atoms with Gasteiger partial charge in [0.25, 0.3) is 0 Å². The van der Waals surface area contributed by atoms with E-state index < -0.39 is 0 Å². The molecular weight excluding hydrogens is 152 g/mol. The predicted molar refractivity (Wildman–Crippen MR) is 38.6 cm³/mol. The van der Waals surface area contributed by atoms with E-state index in [4.69, 9.17) is 11.6 Å². The number of nitrogens with one attached hydrogen (secondary N) is 1. The van der Waals surface area contributed by atoms with Gasteiger partial charge in [-0.3, -0.25) is 4.79 Å². The van der Waals surface area contributed by atoms with Crippen LogP contribution in [0.25, 0.3) is 0 Å². The third-order valence-corrected chi connectivity index (χ3v) is 1.23. The number of anilines is 1. The highest BCUT2D eigenvalue weighted by molar-refractivity contribution is 6.33. The van der Waals surface area contributed by atoms with E-state index in [-0.39, 0.29) is 0 Å². The molecule has 1 aromatic rings. The number of amides is 1. The zero-order valence-electron chi connectivity index (χ0n) is 4.97. The molecule has 10 heavy (non-hydrogen) atoms. The molecule has 3 nitrogen and oxygen atoms in total. The van der Waals surface area contributed by atoms with Crippen LogP contribution in [-0.2, 0) is 4.79 Å². The smallest absolute Gasteiger partial charge is 0.301 e. The van der Waals surface area contributed by atoms with Crippen molar-refractivity contribution in [1.29, 1.82) is 0 Å². The minimum absolute atomic E-state index is 0.333. The SMILES string of the molecule is O=[C]Nc1ncccc1Cl. The molecule has 0 aromatic carbocycles.